The molecule has 0 saturated heterocycles. The Morgan fingerprint density at radius 2 is 2.19 bits per heavy atom. The summed E-state index contributed by atoms with van der Waals surface area (Å²) in [5.41, 5.74) is 0.549. The van der Waals surface area contributed by atoms with E-state index in [0.717, 1.165) is 6.54 Å². The van der Waals surface area contributed by atoms with Gasteiger partial charge >= 0.3 is 0 Å². The number of nitrogens with zero attached hydrogens (tertiary/aromatic N) is 3. The van der Waals surface area contributed by atoms with Gasteiger partial charge in [-0.2, -0.15) is 0 Å². The molecule has 0 fully saturated rings. The Bertz CT molecular complexity index is 634. The molecule has 1 heterocycles. The van der Waals surface area contributed by atoms with E-state index < -0.39 is 4.92 Å². The molecule has 0 atom stereocenters. The molecule has 0 spiro atoms. The third-order valence-corrected chi connectivity index (χ3v) is 2.86. The normalized spacial score (nSPS) is 10.2. The fraction of sp³-hybridized carbons (Fsp3) is 0.231. The second-order valence-corrected chi connectivity index (χ2v) is 4.49. The molecule has 2 aromatic rings. The van der Waals surface area contributed by atoms with E-state index in [1.54, 1.807) is 12.4 Å². The van der Waals surface area contributed by atoms with Gasteiger partial charge in [-0.05, 0) is 13.0 Å². The van der Waals surface area contributed by atoms with Gasteiger partial charge in [-0.15, -0.1) is 0 Å². The standard InChI is InChI=1S/C13H13ClN4O3/c1-2-15-13-7-16-9(6-17-13)8-21-12-4-3-10(18(19)20)5-11(12)14/h3-7H,2,8H2,1H3,(H,15,17). The molecule has 8 heteroatoms. The van der Waals surface area contributed by atoms with Crippen LogP contribution in [0.15, 0.2) is 30.6 Å². The minimum atomic E-state index is -0.513. The second-order valence-electron chi connectivity index (χ2n) is 4.08. The number of nitro benzene ring substituents is 1. The summed E-state index contributed by atoms with van der Waals surface area (Å²) in [6.07, 6.45) is 3.21. The highest BCUT2D eigenvalue weighted by Crippen LogP contribution is 2.29. The maximum atomic E-state index is 10.6. The summed E-state index contributed by atoms with van der Waals surface area (Å²) < 4.78 is 5.48. The van der Waals surface area contributed by atoms with Gasteiger partial charge in [-0.1, -0.05) is 11.6 Å². The highest BCUT2D eigenvalue weighted by atomic mass is 35.5. The zero-order valence-corrected chi connectivity index (χ0v) is 12.0. The van der Waals surface area contributed by atoms with E-state index in [1.807, 2.05) is 6.92 Å². The number of rotatable bonds is 6. The van der Waals surface area contributed by atoms with Gasteiger partial charge in [0.15, 0.2) is 0 Å². The topological polar surface area (TPSA) is 90.2 Å². The summed E-state index contributed by atoms with van der Waals surface area (Å²) >= 11 is 5.93. The van der Waals surface area contributed by atoms with Crippen LogP contribution in [0.4, 0.5) is 11.5 Å². The molecule has 2 rings (SSSR count). The Morgan fingerprint density at radius 3 is 2.76 bits per heavy atom. The number of aromatic nitrogens is 2. The Morgan fingerprint density at radius 1 is 1.38 bits per heavy atom. The smallest absolute Gasteiger partial charge is 0.271 e. The van der Waals surface area contributed by atoms with Crippen molar-refractivity contribution in [3.05, 3.63) is 51.4 Å². The second kappa shape index (κ2) is 6.85. The van der Waals surface area contributed by atoms with Crippen LogP contribution in [0.2, 0.25) is 5.02 Å². The lowest BCUT2D eigenvalue weighted by Crippen LogP contribution is -2.03. The van der Waals surface area contributed by atoms with Gasteiger partial charge in [0.2, 0.25) is 0 Å². The van der Waals surface area contributed by atoms with Crippen LogP contribution in [0.25, 0.3) is 0 Å². The summed E-state index contributed by atoms with van der Waals surface area (Å²) in [5.74, 6) is 1.05. The largest absolute Gasteiger partial charge is 0.486 e. The van der Waals surface area contributed by atoms with E-state index in [2.05, 4.69) is 15.3 Å². The lowest BCUT2D eigenvalue weighted by atomic mass is 10.3. The number of benzene rings is 1. The van der Waals surface area contributed by atoms with Crippen LogP contribution < -0.4 is 10.1 Å². The minimum Gasteiger partial charge on any atom is -0.486 e. The molecule has 1 aromatic carbocycles. The molecule has 0 aliphatic rings. The highest BCUT2D eigenvalue weighted by Gasteiger charge is 2.10. The van der Waals surface area contributed by atoms with Crippen LogP contribution in [0.3, 0.4) is 0 Å². The lowest BCUT2D eigenvalue weighted by molar-refractivity contribution is -0.384. The monoisotopic (exact) mass is 308 g/mol. The van der Waals surface area contributed by atoms with Crippen molar-refractivity contribution in [3.63, 3.8) is 0 Å². The average molecular weight is 309 g/mol. The van der Waals surface area contributed by atoms with Crippen LogP contribution >= 0.6 is 11.6 Å². The maximum Gasteiger partial charge on any atom is 0.271 e. The third kappa shape index (κ3) is 4.03. The van der Waals surface area contributed by atoms with Gasteiger partial charge in [0.25, 0.3) is 5.69 Å². The van der Waals surface area contributed by atoms with Crippen molar-refractivity contribution in [2.24, 2.45) is 0 Å². The van der Waals surface area contributed by atoms with Crippen LogP contribution in [-0.4, -0.2) is 21.4 Å². The first-order chi connectivity index (χ1) is 10.1. The summed E-state index contributed by atoms with van der Waals surface area (Å²) in [5, 5.41) is 13.8. The fourth-order valence-electron chi connectivity index (χ4n) is 1.57. The third-order valence-electron chi connectivity index (χ3n) is 2.57. The van der Waals surface area contributed by atoms with Crippen molar-refractivity contribution in [1.82, 2.24) is 9.97 Å². The van der Waals surface area contributed by atoms with Crippen molar-refractivity contribution in [3.8, 4) is 5.75 Å². The Hall–Kier alpha value is -2.41. The lowest BCUT2D eigenvalue weighted by Gasteiger charge is -2.08. The van der Waals surface area contributed by atoms with E-state index in [4.69, 9.17) is 16.3 Å². The first-order valence-electron chi connectivity index (χ1n) is 6.21. The maximum absolute atomic E-state index is 10.6. The first-order valence-corrected chi connectivity index (χ1v) is 6.59. The predicted octanol–water partition coefficient (Wildman–Crippen LogP) is 3.05. The molecule has 0 unspecified atom stereocenters. The number of non-ortho nitro benzene ring substituents is 1. The van der Waals surface area contributed by atoms with Gasteiger partial charge in [-0.3, -0.25) is 15.1 Å². The highest BCUT2D eigenvalue weighted by molar-refractivity contribution is 6.32. The van der Waals surface area contributed by atoms with E-state index in [-0.39, 0.29) is 17.3 Å². The molecule has 21 heavy (non-hydrogen) atoms. The SMILES string of the molecule is CCNc1cnc(COc2ccc([N+](=O)[O-])cc2Cl)cn1. The van der Waals surface area contributed by atoms with Crippen LogP contribution in [0, 0.1) is 10.1 Å². The minimum absolute atomic E-state index is 0.0814. The van der Waals surface area contributed by atoms with E-state index in [9.17, 15) is 10.1 Å². The Labute approximate surface area is 126 Å². The van der Waals surface area contributed by atoms with Gasteiger partial charge in [0.1, 0.15) is 18.2 Å². The molecule has 110 valence electrons. The van der Waals surface area contributed by atoms with Gasteiger partial charge < -0.3 is 10.1 Å². The molecule has 1 aromatic heterocycles. The van der Waals surface area contributed by atoms with Crippen LogP contribution in [0.5, 0.6) is 5.75 Å². The Kier molecular flexibility index (Phi) is 4.89. The summed E-state index contributed by atoms with van der Waals surface area (Å²) in [6, 6.07) is 4.04. The molecule has 0 aliphatic carbocycles. The molecular weight excluding hydrogens is 296 g/mol. The zero-order chi connectivity index (χ0) is 15.2. The molecule has 0 aliphatic heterocycles. The average Bonchev–Trinajstić information content (AvgIpc) is 2.47. The fourth-order valence-corrected chi connectivity index (χ4v) is 1.80. The van der Waals surface area contributed by atoms with Crippen molar-refractivity contribution in [1.29, 1.82) is 0 Å². The van der Waals surface area contributed by atoms with Crippen molar-refractivity contribution in [2.75, 3.05) is 11.9 Å². The molecule has 0 bridgehead atoms. The van der Waals surface area contributed by atoms with Crippen LogP contribution in [0.1, 0.15) is 12.6 Å². The molecular formula is C13H13ClN4O3. The number of anilines is 1. The van der Waals surface area contributed by atoms with Gasteiger partial charge in [0.05, 0.1) is 28.0 Å². The van der Waals surface area contributed by atoms with Crippen LogP contribution in [-0.2, 0) is 6.61 Å². The summed E-state index contributed by atoms with van der Waals surface area (Å²) in [7, 11) is 0. The predicted molar refractivity (Wildman–Crippen MR) is 78.6 cm³/mol. The van der Waals surface area contributed by atoms with E-state index in [0.29, 0.717) is 17.3 Å². The van der Waals surface area contributed by atoms with E-state index in [1.165, 1.54) is 18.2 Å². The number of nitrogens with one attached hydrogen (secondary N) is 1. The molecule has 7 nitrogen and oxygen atoms in total. The Balaban J connectivity index is 2.01. The zero-order valence-electron chi connectivity index (χ0n) is 11.2. The number of ether oxygens (including phenoxy) is 1. The molecule has 1 N–H and O–H groups in total. The van der Waals surface area contributed by atoms with E-state index >= 15 is 0 Å². The van der Waals surface area contributed by atoms with Gasteiger partial charge in [-0.25, -0.2) is 4.98 Å². The first kappa shape index (κ1) is 15.0. The quantitative estimate of drug-likeness (QED) is 0.651. The number of hydrogen-bond donors (Lipinski definition) is 1. The number of nitro groups is 1. The molecule has 0 saturated carbocycles. The number of hydrogen-bond acceptors (Lipinski definition) is 6. The van der Waals surface area contributed by atoms with Gasteiger partial charge in [0, 0.05) is 18.7 Å². The summed E-state index contributed by atoms with van der Waals surface area (Å²) in [4.78, 5) is 18.4. The molecule has 0 radical (unpaired) electrons. The van der Waals surface area contributed by atoms with Crippen molar-refractivity contribution in [2.45, 2.75) is 13.5 Å². The van der Waals surface area contributed by atoms with Crippen molar-refractivity contribution < 1.29 is 9.66 Å². The number of halogens is 1. The molecule has 0 amide bonds. The van der Waals surface area contributed by atoms with Crippen molar-refractivity contribution >= 4 is 23.1 Å². The summed E-state index contributed by atoms with van der Waals surface area (Å²) in [6.45, 7) is 2.91.